The maximum Gasteiger partial charge on any atom is 0.320 e. The van der Waals surface area contributed by atoms with E-state index in [2.05, 4.69) is 0 Å². The second-order valence-electron chi connectivity index (χ2n) is 4.02. The van der Waals surface area contributed by atoms with E-state index in [0.717, 1.165) is 11.1 Å². The number of ether oxygens (including phenoxy) is 3. The number of carboxylic acids is 1. The molecular formula is C13H19NO5. The molecule has 1 atom stereocenters. The zero-order chi connectivity index (χ0) is 14.4. The molecule has 0 radical (unpaired) electrons. The average Bonchev–Trinajstić information content (AvgIpc) is 2.40. The summed E-state index contributed by atoms with van der Waals surface area (Å²) < 4.78 is 15.6. The van der Waals surface area contributed by atoms with E-state index in [1.807, 2.05) is 0 Å². The molecule has 0 fully saturated rings. The van der Waals surface area contributed by atoms with Crippen LogP contribution in [0.25, 0.3) is 0 Å². The molecule has 3 N–H and O–H groups in total. The highest BCUT2D eigenvalue weighted by atomic mass is 16.5. The first kappa shape index (κ1) is 15.3. The summed E-state index contributed by atoms with van der Waals surface area (Å²) in [5.74, 6) is 0.0692. The second-order valence-corrected chi connectivity index (χ2v) is 4.02. The van der Waals surface area contributed by atoms with Crippen LogP contribution in [-0.4, -0.2) is 38.4 Å². The smallest absolute Gasteiger partial charge is 0.320 e. The number of rotatable bonds is 7. The van der Waals surface area contributed by atoms with E-state index in [4.69, 9.17) is 25.1 Å². The van der Waals surface area contributed by atoms with Crippen molar-refractivity contribution in [3.8, 4) is 11.5 Å². The van der Waals surface area contributed by atoms with Crippen LogP contribution in [0.2, 0.25) is 0 Å². The number of hydrogen-bond donors (Lipinski definition) is 2. The van der Waals surface area contributed by atoms with Gasteiger partial charge in [0.2, 0.25) is 0 Å². The molecule has 1 unspecified atom stereocenters. The van der Waals surface area contributed by atoms with Crippen molar-refractivity contribution < 1.29 is 24.1 Å². The molecule has 6 nitrogen and oxygen atoms in total. The first-order valence-electron chi connectivity index (χ1n) is 5.75. The molecule has 0 saturated carbocycles. The van der Waals surface area contributed by atoms with Crippen LogP contribution >= 0.6 is 0 Å². The molecule has 0 spiro atoms. The van der Waals surface area contributed by atoms with E-state index in [1.54, 1.807) is 19.2 Å². The third kappa shape index (κ3) is 3.59. The van der Waals surface area contributed by atoms with Crippen molar-refractivity contribution in [2.75, 3.05) is 21.3 Å². The standard InChI is InChI=1S/C13H19NO5/c1-17-7-9-8(6-10(14)13(15)16)4-5-11(18-2)12(9)19-3/h4-5,10H,6-7,14H2,1-3H3,(H,15,16). The Morgan fingerprint density at radius 1 is 1.32 bits per heavy atom. The van der Waals surface area contributed by atoms with Crippen LogP contribution in [0, 0.1) is 0 Å². The third-order valence-corrected chi connectivity index (χ3v) is 2.79. The van der Waals surface area contributed by atoms with Crippen LogP contribution in [0.1, 0.15) is 11.1 Å². The summed E-state index contributed by atoms with van der Waals surface area (Å²) in [4.78, 5) is 10.8. The van der Waals surface area contributed by atoms with E-state index < -0.39 is 12.0 Å². The van der Waals surface area contributed by atoms with Crippen molar-refractivity contribution in [1.29, 1.82) is 0 Å². The second kappa shape index (κ2) is 6.96. The van der Waals surface area contributed by atoms with Gasteiger partial charge < -0.3 is 25.1 Å². The van der Waals surface area contributed by atoms with Crippen molar-refractivity contribution in [2.45, 2.75) is 19.1 Å². The number of hydrogen-bond acceptors (Lipinski definition) is 5. The van der Waals surface area contributed by atoms with Gasteiger partial charge in [-0.05, 0) is 18.1 Å². The molecule has 106 valence electrons. The maximum absolute atomic E-state index is 10.8. The molecule has 6 heteroatoms. The third-order valence-electron chi connectivity index (χ3n) is 2.79. The monoisotopic (exact) mass is 269 g/mol. The van der Waals surface area contributed by atoms with Crippen molar-refractivity contribution >= 4 is 5.97 Å². The molecule has 0 amide bonds. The van der Waals surface area contributed by atoms with Gasteiger partial charge in [-0.1, -0.05) is 6.07 Å². The fourth-order valence-corrected chi connectivity index (χ4v) is 1.85. The van der Waals surface area contributed by atoms with Crippen LogP contribution in [0.4, 0.5) is 0 Å². The predicted octanol–water partition coefficient (Wildman–Crippen LogP) is 0.805. The molecular weight excluding hydrogens is 250 g/mol. The van der Waals surface area contributed by atoms with Crippen molar-refractivity contribution in [3.63, 3.8) is 0 Å². The minimum Gasteiger partial charge on any atom is -0.493 e. The largest absolute Gasteiger partial charge is 0.493 e. The normalized spacial score (nSPS) is 12.0. The number of carbonyl (C=O) groups is 1. The lowest BCUT2D eigenvalue weighted by Gasteiger charge is -2.17. The summed E-state index contributed by atoms with van der Waals surface area (Å²) in [7, 11) is 4.62. The van der Waals surface area contributed by atoms with Gasteiger partial charge in [0.1, 0.15) is 6.04 Å². The highest BCUT2D eigenvalue weighted by molar-refractivity contribution is 5.73. The van der Waals surface area contributed by atoms with Gasteiger partial charge in [-0.25, -0.2) is 0 Å². The number of aliphatic carboxylic acids is 1. The fourth-order valence-electron chi connectivity index (χ4n) is 1.85. The van der Waals surface area contributed by atoms with Crippen LogP contribution in [0.3, 0.4) is 0 Å². The summed E-state index contributed by atoms with van der Waals surface area (Å²) in [6.07, 6.45) is 0.203. The first-order valence-corrected chi connectivity index (χ1v) is 5.75. The molecule has 1 rings (SSSR count). The Kier molecular flexibility index (Phi) is 5.59. The van der Waals surface area contributed by atoms with Gasteiger partial charge in [0.15, 0.2) is 11.5 Å². The van der Waals surface area contributed by atoms with Gasteiger partial charge in [-0.2, -0.15) is 0 Å². The van der Waals surface area contributed by atoms with Gasteiger partial charge in [-0.3, -0.25) is 4.79 Å². The zero-order valence-electron chi connectivity index (χ0n) is 11.3. The van der Waals surface area contributed by atoms with Gasteiger partial charge in [0, 0.05) is 12.7 Å². The summed E-state index contributed by atoms with van der Waals surface area (Å²) in [5, 5.41) is 8.88. The molecule has 0 aliphatic carbocycles. The highest BCUT2D eigenvalue weighted by Crippen LogP contribution is 2.34. The molecule has 19 heavy (non-hydrogen) atoms. The first-order chi connectivity index (χ1) is 9.04. The molecule has 0 heterocycles. The van der Waals surface area contributed by atoms with Crippen LogP contribution < -0.4 is 15.2 Å². The lowest BCUT2D eigenvalue weighted by atomic mass is 9.99. The van der Waals surface area contributed by atoms with Crippen LogP contribution in [-0.2, 0) is 22.6 Å². The molecule has 0 aromatic heterocycles. The van der Waals surface area contributed by atoms with E-state index in [1.165, 1.54) is 14.2 Å². The van der Waals surface area contributed by atoms with Gasteiger partial charge in [-0.15, -0.1) is 0 Å². The lowest BCUT2D eigenvalue weighted by molar-refractivity contribution is -0.138. The zero-order valence-corrected chi connectivity index (χ0v) is 11.3. The Morgan fingerprint density at radius 3 is 2.47 bits per heavy atom. The maximum atomic E-state index is 10.8. The van der Waals surface area contributed by atoms with Gasteiger partial charge in [0.05, 0.1) is 20.8 Å². The van der Waals surface area contributed by atoms with E-state index in [-0.39, 0.29) is 6.42 Å². The molecule has 0 aliphatic heterocycles. The molecule has 0 aliphatic rings. The van der Waals surface area contributed by atoms with E-state index >= 15 is 0 Å². The molecule has 1 aromatic carbocycles. The quantitative estimate of drug-likeness (QED) is 0.761. The minimum absolute atomic E-state index is 0.203. The summed E-state index contributed by atoms with van der Waals surface area (Å²) >= 11 is 0. The van der Waals surface area contributed by atoms with E-state index in [9.17, 15) is 4.79 Å². The Hall–Kier alpha value is -1.79. The average molecular weight is 269 g/mol. The Morgan fingerprint density at radius 2 is 2.00 bits per heavy atom. The topological polar surface area (TPSA) is 91.0 Å². The number of nitrogens with two attached hydrogens (primary N) is 1. The van der Waals surface area contributed by atoms with Crippen molar-refractivity contribution in [3.05, 3.63) is 23.3 Å². The number of methoxy groups -OCH3 is 3. The predicted molar refractivity (Wildman–Crippen MR) is 69.6 cm³/mol. The summed E-state index contributed by atoms with van der Waals surface area (Å²) in [6, 6.07) is 2.54. The summed E-state index contributed by atoms with van der Waals surface area (Å²) in [6.45, 7) is 0.294. The van der Waals surface area contributed by atoms with Crippen LogP contribution in [0.15, 0.2) is 12.1 Å². The van der Waals surface area contributed by atoms with Crippen molar-refractivity contribution in [2.24, 2.45) is 5.73 Å². The van der Waals surface area contributed by atoms with Crippen LogP contribution in [0.5, 0.6) is 11.5 Å². The number of carboxylic acid groups (broad SMARTS) is 1. The Balaban J connectivity index is 3.19. The SMILES string of the molecule is COCc1c(CC(N)C(=O)O)ccc(OC)c1OC. The molecule has 0 bridgehead atoms. The lowest BCUT2D eigenvalue weighted by Crippen LogP contribution is -2.32. The minimum atomic E-state index is -1.04. The van der Waals surface area contributed by atoms with Crippen molar-refractivity contribution in [1.82, 2.24) is 0 Å². The van der Waals surface area contributed by atoms with Gasteiger partial charge >= 0.3 is 5.97 Å². The number of benzene rings is 1. The highest BCUT2D eigenvalue weighted by Gasteiger charge is 2.19. The Labute approximate surface area is 112 Å². The van der Waals surface area contributed by atoms with Gasteiger partial charge in [0.25, 0.3) is 0 Å². The Bertz CT molecular complexity index is 447. The van der Waals surface area contributed by atoms with E-state index in [0.29, 0.717) is 18.1 Å². The molecule has 1 aromatic rings. The fraction of sp³-hybridized carbons (Fsp3) is 0.462. The summed E-state index contributed by atoms with van der Waals surface area (Å²) in [5.41, 5.74) is 7.09. The molecule has 0 saturated heterocycles.